The van der Waals surface area contributed by atoms with Crippen molar-refractivity contribution in [1.82, 2.24) is 35.1 Å². The number of hydrogen-bond donors (Lipinski definition) is 2. The number of amides is 3. The molecule has 348 valence electrons. The predicted molar refractivity (Wildman–Crippen MR) is 249 cm³/mol. The Balaban J connectivity index is 1.15. The van der Waals surface area contributed by atoms with Gasteiger partial charge < -0.3 is 38.6 Å². The Hall–Kier alpha value is -5.06. The highest BCUT2D eigenvalue weighted by atomic mass is 16.5. The van der Waals surface area contributed by atoms with Crippen LogP contribution in [0.4, 0.5) is 10.5 Å². The summed E-state index contributed by atoms with van der Waals surface area (Å²) in [4.78, 5) is 54.0. The van der Waals surface area contributed by atoms with Crippen LogP contribution in [0.3, 0.4) is 0 Å². The van der Waals surface area contributed by atoms with Crippen LogP contribution in [-0.4, -0.2) is 146 Å². The Morgan fingerprint density at radius 3 is 2.66 bits per heavy atom. The van der Waals surface area contributed by atoms with Crippen molar-refractivity contribution < 1.29 is 33.3 Å². The van der Waals surface area contributed by atoms with E-state index in [1.165, 1.54) is 5.01 Å². The van der Waals surface area contributed by atoms with Crippen molar-refractivity contribution >= 4 is 34.5 Å². The van der Waals surface area contributed by atoms with Gasteiger partial charge in [-0.2, -0.15) is 0 Å². The van der Waals surface area contributed by atoms with Crippen LogP contribution in [0.15, 0.2) is 54.7 Å². The Morgan fingerprint density at radius 2 is 1.88 bits per heavy atom. The fourth-order valence-electron chi connectivity index (χ4n) is 10.5. The van der Waals surface area contributed by atoms with E-state index >= 15 is 0 Å². The molecule has 4 fully saturated rings. The SMILES string of the molecule is CCn1c(-c2cc(N3CCN4CCOC[C@@H]4C3)cnc2[C@H](C)OC)c2c3cc(ccc31)-c1cccc(c1)C[C@H](NC(=O)N1CC[C@H]1COC)C(=O)N1CCC[C@H](N1)C(=O)OCC(C)(C)C2. The van der Waals surface area contributed by atoms with Crippen LogP contribution in [0.5, 0.6) is 0 Å². The first kappa shape index (κ1) is 45.1. The zero-order chi connectivity index (χ0) is 45.4. The standard InChI is InChI=1S/C50H66N8O7/c1-7-56-44-14-13-35-24-39(44)41(46(56)40-25-37(27-51-45(40)32(2)63-6)55-19-18-54-20-21-64-30-38(54)28-55)26-50(3,4)31-65-48(60)42-12-9-16-58(53-42)47(59)43(23-33-10-8-11-34(35)22-33)52-49(61)57-17-15-36(57)29-62-5/h8,10-11,13-14,22,24-25,27,32,36,38,42-43,53H,7,9,12,15-21,23,26,28-31H2,1-6H3,(H,52,61)/t32-,36-,38-,42-,43-/m0/s1. The number of esters is 1. The van der Waals surface area contributed by atoms with E-state index in [0.29, 0.717) is 51.5 Å². The first-order valence-corrected chi connectivity index (χ1v) is 23.6. The third kappa shape index (κ3) is 9.22. The van der Waals surface area contributed by atoms with E-state index in [-0.39, 0.29) is 37.1 Å². The third-order valence-electron chi connectivity index (χ3n) is 14.2. The number of nitrogens with one attached hydrogen (secondary N) is 2. The minimum absolute atomic E-state index is 0.0415. The number of anilines is 1. The Labute approximate surface area is 382 Å². The highest BCUT2D eigenvalue weighted by Crippen LogP contribution is 2.43. The molecule has 9 rings (SSSR count). The summed E-state index contributed by atoms with van der Waals surface area (Å²) in [6, 6.07) is 15.6. The van der Waals surface area contributed by atoms with Crippen LogP contribution in [0.1, 0.15) is 69.9 Å². The molecule has 6 bridgehead atoms. The van der Waals surface area contributed by atoms with Crippen LogP contribution in [0.25, 0.3) is 33.3 Å². The summed E-state index contributed by atoms with van der Waals surface area (Å²) in [6.07, 6.45) is 4.58. The van der Waals surface area contributed by atoms with Crippen LogP contribution in [-0.2, 0) is 47.9 Å². The smallest absolute Gasteiger partial charge is 0.324 e. The summed E-state index contributed by atoms with van der Waals surface area (Å²) in [6.45, 7) is 16.1. The second kappa shape index (κ2) is 19.0. The number of aryl methyl sites for hydroxylation is 1. The van der Waals surface area contributed by atoms with Crippen molar-refractivity contribution in [1.29, 1.82) is 0 Å². The molecule has 5 atom stereocenters. The molecule has 0 spiro atoms. The minimum Gasteiger partial charge on any atom is -0.464 e. The molecule has 15 nitrogen and oxygen atoms in total. The molecule has 0 saturated carbocycles. The van der Waals surface area contributed by atoms with Crippen molar-refractivity contribution in [2.75, 3.05) is 84.8 Å². The van der Waals surface area contributed by atoms with E-state index in [0.717, 1.165) is 102 Å². The number of carbonyl (C=O) groups excluding carboxylic acids is 3. The van der Waals surface area contributed by atoms with Crippen LogP contribution >= 0.6 is 0 Å². The van der Waals surface area contributed by atoms with Crippen LogP contribution < -0.4 is 15.6 Å². The average molecular weight is 891 g/mol. The molecule has 2 aromatic carbocycles. The lowest BCUT2D eigenvalue weighted by molar-refractivity contribution is -0.155. The average Bonchev–Trinajstić information content (AvgIpc) is 3.62. The number of hydrazine groups is 1. The van der Waals surface area contributed by atoms with Crippen molar-refractivity contribution in [2.24, 2.45) is 5.41 Å². The van der Waals surface area contributed by atoms with E-state index < -0.39 is 23.5 Å². The van der Waals surface area contributed by atoms with Gasteiger partial charge in [0.2, 0.25) is 0 Å². The molecular weight excluding hydrogens is 825 g/mol. The van der Waals surface area contributed by atoms with Gasteiger partial charge in [-0.15, -0.1) is 0 Å². The van der Waals surface area contributed by atoms with Crippen molar-refractivity contribution in [2.45, 2.75) is 96.6 Å². The summed E-state index contributed by atoms with van der Waals surface area (Å²) in [7, 11) is 3.36. The van der Waals surface area contributed by atoms with Gasteiger partial charge in [0.05, 0.1) is 67.9 Å². The highest BCUT2D eigenvalue weighted by molar-refractivity contribution is 5.96. The maximum absolute atomic E-state index is 14.4. The van der Waals surface area contributed by atoms with Gasteiger partial charge in [-0.1, -0.05) is 44.2 Å². The number of benzene rings is 2. The molecule has 2 N–H and O–H groups in total. The van der Waals surface area contributed by atoms with E-state index in [4.69, 9.17) is 23.9 Å². The molecule has 0 unspecified atom stereocenters. The number of aromatic nitrogens is 2. The first-order chi connectivity index (χ1) is 31.4. The Morgan fingerprint density at radius 1 is 1.03 bits per heavy atom. The number of nitrogens with zero attached hydrogens (tertiary/aromatic N) is 6. The van der Waals surface area contributed by atoms with Gasteiger partial charge >= 0.3 is 12.0 Å². The fourth-order valence-corrected chi connectivity index (χ4v) is 10.5. The number of cyclic esters (lactones) is 1. The molecule has 15 heteroatoms. The Bertz CT molecular complexity index is 2400. The maximum Gasteiger partial charge on any atom is 0.324 e. The topological polar surface area (TPSA) is 143 Å². The lowest BCUT2D eigenvalue weighted by Crippen LogP contribution is -2.63. The number of pyridine rings is 1. The molecular formula is C50H66N8O7. The number of methoxy groups -OCH3 is 2. The Kier molecular flexibility index (Phi) is 13.2. The number of morpholine rings is 1. The molecule has 5 aliphatic rings. The summed E-state index contributed by atoms with van der Waals surface area (Å²) >= 11 is 0. The molecule has 2 aromatic heterocycles. The molecule has 7 heterocycles. The van der Waals surface area contributed by atoms with E-state index in [1.807, 2.05) is 18.3 Å². The second-order valence-corrected chi connectivity index (χ2v) is 19.3. The number of urea groups is 1. The lowest BCUT2D eigenvalue weighted by Gasteiger charge is -2.44. The number of hydrogen-bond acceptors (Lipinski definition) is 11. The van der Waals surface area contributed by atoms with Gasteiger partial charge in [0.25, 0.3) is 5.91 Å². The summed E-state index contributed by atoms with van der Waals surface area (Å²) in [5, 5.41) is 5.69. The fraction of sp³-hybridized carbons (Fsp3) is 0.560. The molecule has 5 aliphatic heterocycles. The minimum atomic E-state index is -0.884. The zero-order valence-corrected chi connectivity index (χ0v) is 38.9. The second-order valence-electron chi connectivity index (χ2n) is 19.3. The van der Waals surface area contributed by atoms with Crippen molar-refractivity contribution in [3.05, 3.63) is 71.5 Å². The monoisotopic (exact) mass is 891 g/mol. The van der Waals surface area contributed by atoms with Gasteiger partial charge in [-0.05, 0) is 80.0 Å². The predicted octanol–water partition coefficient (Wildman–Crippen LogP) is 5.58. The summed E-state index contributed by atoms with van der Waals surface area (Å²) < 4.78 is 25.9. The first-order valence-electron chi connectivity index (χ1n) is 23.6. The van der Waals surface area contributed by atoms with Gasteiger partial charge in [-0.3, -0.25) is 24.5 Å². The third-order valence-corrected chi connectivity index (χ3v) is 14.2. The van der Waals surface area contributed by atoms with Crippen molar-refractivity contribution in [3.8, 4) is 22.4 Å². The van der Waals surface area contributed by atoms with Crippen LogP contribution in [0.2, 0.25) is 0 Å². The molecule has 0 radical (unpaired) electrons. The number of carbonyl (C=O) groups is 3. The number of rotatable bonds is 8. The number of likely N-dealkylation sites (tertiary alicyclic amines) is 1. The quantitative estimate of drug-likeness (QED) is 0.214. The number of ether oxygens (including phenoxy) is 4. The molecule has 0 aliphatic carbocycles. The molecule has 4 saturated heterocycles. The van der Waals surface area contributed by atoms with E-state index in [2.05, 4.69) is 89.2 Å². The van der Waals surface area contributed by atoms with Gasteiger partial charge in [0.15, 0.2) is 0 Å². The lowest BCUT2D eigenvalue weighted by atomic mass is 9.84. The zero-order valence-electron chi connectivity index (χ0n) is 38.9. The summed E-state index contributed by atoms with van der Waals surface area (Å²) in [5.41, 5.74) is 12.0. The maximum atomic E-state index is 14.4. The highest BCUT2D eigenvalue weighted by Gasteiger charge is 2.38. The largest absolute Gasteiger partial charge is 0.464 e. The molecule has 4 aromatic rings. The van der Waals surface area contributed by atoms with E-state index in [1.54, 1.807) is 19.1 Å². The number of piperazine rings is 1. The summed E-state index contributed by atoms with van der Waals surface area (Å²) in [5.74, 6) is -0.694. The number of fused-ring (bicyclic) bond motifs is 7. The van der Waals surface area contributed by atoms with Crippen molar-refractivity contribution in [3.63, 3.8) is 0 Å². The molecule has 65 heavy (non-hydrogen) atoms. The molecule has 3 amide bonds. The normalized spacial score (nSPS) is 24.5. The van der Waals surface area contributed by atoms with Crippen LogP contribution in [0, 0.1) is 5.41 Å². The van der Waals surface area contributed by atoms with Gasteiger partial charge in [0, 0.05) is 88.3 Å². The van der Waals surface area contributed by atoms with Gasteiger partial charge in [-0.25, -0.2) is 10.2 Å². The van der Waals surface area contributed by atoms with E-state index in [9.17, 15) is 14.4 Å². The van der Waals surface area contributed by atoms with Gasteiger partial charge in [0.1, 0.15) is 12.1 Å².